The molecule has 2 aromatic rings. The maximum Gasteiger partial charge on any atom is 0.165 e. The predicted octanol–water partition coefficient (Wildman–Crippen LogP) is 2.59. The van der Waals surface area contributed by atoms with Crippen molar-refractivity contribution in [3.8, 4) is 0 Å². The van der Waals surface area contributed by atoms with E-state index in [0.29, 0.717) is 17.1 Å². The molecule has 0 aromatic carbocycles. The van der Waals surface area contributed by atoms with Crippen LogP contribution in [0.3, 0.4) is 0 Å². The standard InChI is InChI=1S/C12H17ClN4O/c1-2-3-4-9(5-6-18)17-8-16-10-11(13)14-7-15-12(10)17/h7-9,18H,2-6H2,1H3. The van der Waals surface area contributed by atoms with Gasteiger partial charge in [0.1, 0.15) is 11.8 Å². The maximum atomic E-state index is 9.17. The van der Waals surface area contributed by atoms with Crippen molar-refractivity contribution in [3.63, 3.8) is 0 Å². The van der Waals surface area contributed by atoms with Crippen molar-refractivity contribution in [1.82, 2.24) is 19.5 Å². The van der Waals surface area contributed by atoms with E-state index in [4.69, 9.17) is 16.7 Å². The molecular weight excluding hydrogens is 252 g/mol. The summed E-state index contributed by atoms with van der Waals surface area (Å²) in [5.74, 6) is 0. The molecule has 6 heteroatoms. The number of halogens is 1. The first-order valence-corrected chi connectivity index (χ1v) is 6.59. The first kappa shape index (κ1) is 13.2. The fourth-order valence-electron chi connectivity index (χ4n) is 2.10. The van der Waals surface area contributed by atoms with E-state index in [1.807, 2.05) is 4.57 Å². The van der Waals surface area contributed by atoms with Crippen LogP contribution in [0.2, 0.25) is 5.15 Å². The molecule has 0 radical (unpaired) electrons. The number of imidazole rings is 1. The van der Waals surface area contributed by atoms with Crippen LogP contribution in [-0.2, 0) is 0 Å². The van der Waals surface area contributed by atoms with Crippen LogP contribution in [0.1, 0.15) is 38.6 Å². The van der Waals surface area contributed by atoms with Crippen LogP contribution in [0.4, 0.5) is 0 Å². The lowest BCUT2D eigenvalue weighted by Crippen LogP contribution is -2.10. The second-order valence-electron chi connectivity index (χ2n) is 4.30. The largest absolute Gasteiger partial charge is 0.396 e. The maximum absolute atomic E-state index is 9.17. The number of fused-ring (bicyclic) bond motifs is 1. The zero-order chi connectivity index (χ0) is 13.0. The van der Waals surface area contributed by atoms with Crippen LogP contribution in [-0.4, -0.2) is 31.2 Å². The van der Waals surface area contributed by atoms with Crippen molar-refractivity contribution >= 4 is 22.8 Å². The van der Waals surface area contributed by atoms with Gasteiger partial charge in [0.05, 0.1) is 6.33 Å². The molecule has 1 N–H and O–H groups in total. The van der Waals surface area contributed by atoms with Gasteiger partial charge in [-0.25, -0.2) is 15.0 Å². The Morgan fingerprint density at radius 1 is 1.33 bits per heavy atom. The lowest BCUT2D eigenvalue weighted by atomic mass is 10.1. The van der Waals surface area contributed by atoms with E-state index in [-0.39, 0.29) is 12.6 Å². The fraction of sp³-hybridized carbons (Fsp3) is 0.583. The molecule has 5 nitrogen and oxygen atoms in total. The molecule has 0 aliphatic heterocycles. The molecule has 0 spiro atoms. The van der Waals surface area contributed by atoms with Gasteiger partial charge >= 0.3 is 0 Å². The third-order valence-corrected chi connectivity index (χ3v) is 3.34. The number of nitrogens with zero attached hydrogens (tertiary/aromatic N) is 4. The molecule has 18 heavy (non-hydrogen) atoms. The lowest BCUT2D eigenvalue weighted by Gasteiger charge is -2.17. The second-order valence-corrected chi connectivity index (χ2v) is 4.65. The third kappa shape index (κ3) is 2.62. The van der Waals surface area contributed by atoms with Crippen molar-refractivity contribution < 1.29 is 5.11 Å². The minimum atomic E-state index is 0.160. The van der Waals surface area contributed by atoms with Gasteiger partial charge in [-0.1, -0.05) is 31.4 Å². The summed E-state index contributed by atoms with van der Waals surface area (Å²) >= 11 is 5.98. The summed E-state index contributed by atoms with van der Waals surface area (Å²) < 4.78 is 1.99. The van der Waals surface area contributed by atoms with Gasteiger partial charge in [-0.2, -0.15) is 0 Å². The van der Waals surface area contributed by atoms with Gasteiger partial charge < -0.3 is 9.67 Å². The van der Waals surface area contributed by atoms with Crippen molar-refractivity contribution in [2.24, 2.45) is 0 Å². The zero-order valence-corrected chi connectivity index (χ0v) is 11.1. The van der Waals surface area contributed by atoms with E-state index in [2.05, 4.69) is 21.9 Å². The van der Waals surface area contributed by atoms with E-state index in [0.717, 1.165) is 24.9 Å². The molecular formula is C12H17ClN4O. The normalized spacial score (nSPS) is 13.1. The first-order valence-electron chi connectivity index (χ1n) is 6.21. The molecule has 98 valence electrons. The van der Waals surface area contributed by atoms with Crippen molar-refractivity contribution in [2.75, 3.05) is 6.61 Å². The molecule has 0 aliphatic rings. The van der Waals surface area contributed by atoms with Crippen LogP contribution < -0.4 is 0 Å². The summed E-state index contributed by atoms with van der Waals surface area (Å²) in [4.78, 5) is 12.4. The number of aliphatic hydroxyl groups excluding tert-OH is 1. The first-order chi connectivity index (χ1) is 8.77. The smallest absolute Gasteiger partial charge is 0.165 e. The summed E-state index contributed by atoms with van der Waals surface area (Å²) in [6.07, 6.45) is 7.13. The van der Waals surface area contributed by atoms with Gasteiger partial charge in [0.25, 0.3) is 0 Å². The molecule has 0 bridgehead atoms. The lowest BCUT2D eigenvalue weighted by molar-refractivity contribution is 0.252. The average molecular weight is 269 g/mol. The molecule has 0 fully saturated rings. The Labute approximate surface area is 111 Å². The minimum absolute atomic E-state index is 0.160. The Kier molecular flexibility index (Phi) is 4.49. The van der Waals surface area contributed by atoms with Crippen LogP contribution >= 0.6 is 11.6 Å². The predicted molar refractivity (Wildman–Crippen MR) is 70.6 cm³/mol. The molecule has 2 heterocycles. The number of aliphatic hydroxyl groups is 1. The van der Waals surface area contributed by atoms with Crippen LogP contribution in [0, 0.1) is 0 Å². The fourth-order valence-corrected chi connectivity index (χ4v) is 2.28. The van der Waals surface area contributed by atoms with Crippen molar-refractivity contribution in [2.45, 2.75) is 38.6 Å². The number of rotatable bonds is 6. The van der Waals surface area contributed by atoms with Crippen molar-refractivity contribution in [1.29, 1.82) is 0 Å². The van der Waals surface area contributed by atoms with E-state index in [1.54, 1.807) is 6.33 Å². The quantitative estimate of drug-likeness (QED) is 0.818. The topological polar surface area (TPSA) is 63.8 Å². The molecule has 0 amide bonds. The molecule has 0 saturated carbocycles. The zero-order valence-electron chi connectivity index (χ0n) is 10.4. The van der Waals surface area contributed by atoms with Gasteiger partial charge in [0.15, 0.2) is 10.8 Å². The van der Waals surface area contributed by atoms with Gasteiger partial charge in [0, 0.05) is 12.6 Å². The van der Waals surface area contributed by atoms with Crippen molar-refractivity contribution in [3.05, 3.63) is 17.8 Å². The highest BCUT2D eigenvalue weighted by Gasteiger charge is 2.15. The molecule has 0 saturated heterocycles. The van der Waals surface area contributed by atoms with E-state index >= 15 is 0 Å². The van der Waals surface area contributed by atoms with E-state index in [1.165, 1.54) is 6.33 Å². The van der Waals surface area contributed by atoms with Crippen LogP contribution in [0.15, 0.2) is 12.7 Å². The SMILES string of the molecule is CCCCC(CCO)n1cnc2c(Cl)ncnc21. The summed E-state index contributed by atoms with van der Waals surface area (Å²) in [5.41, 5.74) is 1.36. The molecule has 0 aliphatic carbocycles. The van der Waals surface area contributed by atoms with Gasteiger partial charge in [-0.15, -0.1) is 0 Å². The van der Waals surface area contributed by atoms with Crippen LogP contribution in [0.5, 0.6) is 0 Å². The molecule has 2 rings (SSSR count). The Morgan fingerprint density at radius 3 is 2.89 bits per heavy atom. The number of hydrogen-bond acceptors (Lipinski definition) is 4. The van der Waals surface area contributed by atoms with E-state index < -0.39 is 0 Å². The van der Waals surface area contributed by atoms with E-state index in [9.17, 15) is 0 Å². The highest BCUT2D eigenvalue weighted by Crippen LogP contribution is 2.25. The van der Waals surface area contributed by atoms with Gasteiger partial charge in [-0.3, -0.25) is 0 Å². The van der Waals surface area contributed by atoms with Gasteiger partial charge in [0.2, 0.25) is 0 Å². The highest BCUT2D eigenvalue weighted by atomic mass is 35.5. The second kappa shape index (κ2) is 6.11. The Hall–Kier alpha value is -1.20. The number of aromatic nitrogens is 4. The summed E-state index contributed by atoms with van der Waals surface area (Å²) in [7, 11) is 0. The molecule has 2 aromatic heterocycles. The minimum Gasteiger partial charge on any atom is -0.396 e. The van der Waals surface area contributed by atoms with Crippen LogP contribution in [0.25, 0.3) is 11.2 Å². The van der Waals surface area contributed by atoms with Gasteiger partial charge in [-0.05, 0) is 12.8 Å². The number of hydrogen-bond donors (Lipinski definition) is 1. The summed E-state index contributed by atoms with van der Waals surface area (Å²) in [6, 6.07) is 0.214. The number of unbranched alkanes of at least 4 members (excludes halogenated alkanes) is 1. The summed E-state index contributed by atoms with van der Waals surface area (Å²) in [6.45, 7) is 2.31. The molecule has 1 atom stereocenters. The Bertz CT molecular complexity index is 514. The summed E-state index contributed by atoms with van der Waals surface area (Å²) in [5, 5.41) is 9.54. The average Bonchev–Trinajstić information content (AvgIpc) is 2.80. The monoisotopic (exact) mass is 268 g/mol. The molecule has 1 unspecified atom stereocenters. The highest BCUT2D eigenvalue weighted by molar-refractivity contribution is 6.33. The third-order valence-electron chi connectivity index (χ3n) is 3.06. The Morgan fingerprint density at radius 2 is 2.17 bits per heavy atom. The Balaban J connectivity index is 2.34.